The van der Waals surface area contributed by atoms with Gasteiger partial charge in [-0.05, 0) is 50.8 Å². The van der Waals surface area contributed by atoms with Gasteiger partial charge in [-0.2, -0.15) is 0 Å². The van der Waals surface area contributed by atoms with Crippen LogP contribution in [0.1, 0.15) is 38.7 Å². The minimum Gasteiger partial charge on any atom is -0.489 e. The molecule has 1 aromatic carbocycles. The molecule has 0 aliphatic carbocycles. The van der Waals surface area contributed by atoms with Gasteiger partial charge in [-0.15, -0.1) is 24.0 Å². The second-order valence-corrected chi connectivity index (χ2v) is 7.74. The van der Waals surface area contributed by atoms with Crippen molar-refractivity contribution in [2.75, 3.05) is 39.8 Å². The number of hydrogen-bond donors (Lipinski definition) is 3. The second kappa shape index (κ2) is 14.5. The molecule has 0 radical (unpaired) electrons. The number of aryl methyl sites for hydroxylation is 1. The first kappa shape index (κ1) is 26.5. The van der Waals surface area contributed by atoms with Crippen molar-refractivity contribution in [3.8, 4) is 5.75 Å². The third kappa shape index (κ3) is 9.97. The number of carbonyl (C=O) groups excluding carboxylic acids is 1. The Balaban J connectivity index is 0.00000450. The van der Waals surface area contributed by atoms with E-state index in [0.717, 1.165) is 50.6 Å². The van der Waals surface area contributed by atoms with Gasteiger partial charge in [-0.25, -0.2) is 0 Å². The highest BCUT2D eigenvalue weighted by Crippen LogP contribution is 2.14. The highest BCUT2D eigenvalue weighted by molar-refractivity contribution is 14.0. The number of benzene rings is 1. The standard InChI is InChI=1S/C22H37N5O2.HI/c1-5-11-24-21(28)16-27-12-9-19(10-13-27)26-22(23-4)25-15-18(3)29-20-8-6-7-17(2)14-20;/h6-8,14,18-19H,5,9-13,15-16H2,1-4H3,(H,24,28)(H2,23,25,26);1H. The molecule has 1 unspecified atom stereocenters. The molecule has 1 amide bonds. The third-order valence-electron chi connectivity index (χ3n) is 4.98. The van der Waals surface area contributed by atoms with E-state index in [9.17, 15) is 4.79 Å². The molecule has 0 saturated carbocycles. The van der Waals surface area contributed by atoms with Gasteiger partial charge in [0.2, 0.25) is 5.91 Å². The Morgan fingerprint density at radius 2 is 2.03 bits per heavy atom. The Bertz CT molecular complexity index is 663. The maximum Gasteiger partial charge on any atom is 0.234 e. The summed E-state index contributed by atoms with van der Waals surface area (Å²) in [6.45, 7) is 9.92. The fraction of sp³-hybridized carbons (Fsp3) is 0.636. The van der Waals surface area contributed by atoms with E-state index in [1.807, 2.05) is 25.1 Å². The molecular formula is C22H38IN5O2. The molecule has 0 bridgehead atoms. The van der Waals surface area contributed by atoms with Crippen LogP contribution < -0.4 is 20.7 Å². The van der Waals surface area contributed by atoms with E-state index in [-0.39, 0.29) is 36.0 Å². The number of amides is 1. The zero-order valence-electron chi connectivity index (χ0n) is 18.7. The Morgan fingerprint density at radius 1 is 1.30 bits per heavy atom. The number of ether oxygens (including phenoxy) is 1. The topological polar surface area (TPSA) is 78.0 Å². The van der Waals surface area contributed by atoms with Crippen molar-refractivity contribution in [2.45, 2.75) is 52.2 Å². The van der Waals surface area contributed by atoms with Crippen molar-refractivity contribution in [3.05, 3.63) is 29.8 Å². The van der Waals surface area contributed by atoms with Crippen LogP contribution in [-0.2, 0) is 4.79 Å². The summed E-state index contributed by atoms with van der Waals surface area (Å²) >= 11 is 0. The minimum atomic E-state index is 0. The zero-order valence-corrected chi connectivity index (χ0v) is 21.1. The SMILES string of the molecule is CCCNC(=O)CN1CCC(NC(=NC)NCC(C)Oc2cccc(C)c2)CC1.I. The summed E-state index contributed by atoms with van der Waals surface area (Å²) in [6, 6.07) is 8.45. The number of halogens is 1. The number of aliphatic imine (C=N–C) groups is 1. The first-order chi connectivity index (χ1) is 14.0. The van der Waals surface area contributed by atoms with E-state index in [1.165, 1.54) is 5.56 Å². The van der Waals surface area contributed by atoms with Crippen molar-refractivity contribution >= 4 is 35.8 Å². The molecule has 0 spiro atoms. The highest BCUT2D eigenvalue weighted by atomic mass is 127. The van der Waals surface area contributed by atoms with Crippen molar-refractivity contribution < 1.29 is 9.53 Å². The summed E-state index contributed by atoms with van der Waals surface area (Å²) in [4.78, 5) is 18.4. The molecule has 1 saturated heterocycles. The number of guanidine groups is 1. The average Bonchev–Trinajstić information content (AvgIpc) is 2.71. The van der Waals surface area contributed by atoms with Crippen LogP contribution in [0.2, 0.25) is 0 Å². The van der Waals surface area contributed by atoms with Crippen LogP contribution in [0.5, 0.6) is 5.75 Å². The lowest BCUT2D eigenvalue weighted by Crippen LogP contribution is -2.51. The van der Waals surface area contributed by atoms with Crippen molar-refractivity contribution in [2.24, 2.45) is 4.99 Å². The number of likely N-dealkylation sites (tertiary alicyclic amines) is 1. The lowest BCUT2D eigenvalue weighted by Gasteiger charge is -2.32. The van der Waals surface area contributed by atoms with E-state index in [1.54, 1.807) is 7.05 Å². The van der Waals surface area contributed by atoms with Crippen LogP contribution in [-0.4, -0.2) is 68.7 Å². The van der Waals surface area contributed by atoms with E-state index in [2.05, 4.69) is 45.8 Å². The highest BCUT2D eigenvalue weighted by Gasteiger charge is 2.21. The number of nitrogens with zero attached hydrogens (tertiary/aromatic N) is 2. The van der Waals surface area contributed by atoms with Gasteiger partial charge in [0.25, 0.3) is 0 Å². The number of piperidine rings is 1. The van der Waals surface area contributed by atoms with Gasteiger partial charge in [-0.3, -0.25) is 14.7 Å². The molecule has 1 atom stereocenters. The van der Waals surface area contributed by atoms with Crippen molar-refractivity contribution in [1.29, 1.82) is 0 Å². The van der Waals surface area contributed by atoms with Gasteiger partial charge >= 0.3 is 0 Å². The molecule has 3 N–H and O–H groups in total. The smallest absolute Gasteiger partial charge is 0.234 e. The van der Waals surface area contributed by atoms with Crippen LogP contribution in [0.4, 0.5) is 0 Å². The number of carbonyl (C=O) groups is 1. The number of hydrogen-bond acceptors (Lipinski definition) is 4. The summed E-state index contributed by atoms with van der Waals surface area (Å²) in [7, 11) is 1.79. The molecule has 2 rings (SSSR count). The molecule has 1 fully saturated rings. The second-order valence-electron chi connectivity index (χ2n) is 7.74. The van der Waals surface area contributed by atoms with Gasteiger partial charge in [-0.1, -0.05) is 19.1 Å². The van der Waals surface area contributed by atoms with Crippen LogP contribution >= 0.6 is 24.0 Å². The predicted molar refractivity (Wildman–Crippen MR) is 134 cm³/mol. The molecule has 0 aromatic heterocycles. The monoisotopic (exact) mass is 531 g/mol. The fourth-order valence-corrected chi connectivity index (χ4v) is 3.35. The van der Waals surface area contributed by atoms with Crippen LogP contribution in [0.15, 0.2) is 29.3 Å². The Morgan fingerprint density at radius 3 is 2.67 bits per heavy atom. The Kier molecular flexibility index (Phi) is 12.8. The normalized spacial score (nSPS) is 16.3. The van der Waals surface area contributed by atoms with Crippen LogP contribution in [0.3, 0.4) is 0 Å². The molecule has 8 heteroatoms. The maximum atomic E-state index is 11.9. The first-order valence-corrected chi connectivity index (χ1v) is 10.7. The third-order valence-corrected chi connectivity index (χ3v) is 4.98. The molecule has 1 aromatic rings. The Labute approximate surface area is 198 Å². The minimum absolute atomic E-state index is 0. The van der Waals surface area contributed by atoms with Gasteiger partial charge in [0.05, 0.1) is 13.1 Å². The molecule has 1 aliphatic heterocycles. The van der Waals surface area contributed by atoms with E-state index in [4.69, 9.17) is 4.74 Å². The van der Waals surface area contributed by atoms with Crippen LogP contribution in [0, 0.1) is 6.92 Å². The van der Waals surface area contributed by atoms with E-state index in [0.29, 0.717) is 19.1 Å². The van der Waals surface area contributed by atoms with Crippen molar-refractivity contribution in [1.82, 2.24) is 20.9 Å². The van der Waals surface area contributed by atoms with E-state index >= 15 is 0 Å². The molecular weight excluding hydrogens is 493 g/mol. The van der Waals surface area contributed by atoms with Crippen molar-refractivity contribution in [3.63, 3.8) is 0 Å². The zero-order chi connectivity index (χ0) is 21.1. The fourth-order valence-electron chi connectivity index (χ4n) is 3.35. The molecule has 30 heavy (non-hydrogen) atoms. The summed E-state index contributed by atoms with van der Waals surface area (Å²) < 4.78 is 5.97. The Hall–Kier alpha value is -1.55. The summed E-state index contributed by atoms with van der Waals surface area (Å²) in [5.41, 5.74) is 1.19. The molecule has 170 valence electrons. The molecule has 1 aliphatic rings. The number of nitrogens with one attached hydrogen (secondary N) is 3. The van der Waals surface area contributed by atoms with Gasteiger partial charge < -0.3 is 20.7 Å². The summed E-state index contributed by atoms with van der Waals surface area (Å²) in [5.74, 6) is 1.81. The van der Waals surface area contributed by atoms with E-state index < -0.39 is 0 Å². The van der Waals surface area contributed by atoms with Gasteiger partial charge in [0, 0.05) is 32.7 Å². The predicted octanol–water partition coefficient (Wildman–Crippen LogP) is 2.54. The summed E-state index contributed by atoms with van der Waals surface area (Å²) in [5, 5.41) is 9.79. The number of rotatable bonds is 9. The molecule has 7 nitrogen and oxygen atoms in total. The summed E-state index contributed by atoms with van der Waals surface area (Å²) in [6.07, 6.45) is 2.99. The quantitative estimate of drug-likeness (QED) is 0.260. The van der Waals surface area contributed by atoms with Gasteiger partial charge in [0.15, 0.2) is 5.96 Å². The largest absolute Gasteiger partial charge is 0.489 e. The van der Waals surface area contributed by atoms with Crippen LogP contribution in [0.25, 0.3) is 0 Å². The molecule has 1 heterocycles. The van der Waals surface area contributed by atoms with Gasteiger partial charge in [0.1, 0.15) is 11.9 Å². The lowest BCUT2D eigenvalue weighted by molar-refractivity contribution is -0.122. The first-order valence-electron chi connectivity index (χ1n) is 10.7. The maximum absolute atomic E-state index is 11.9. The average molecular weight is 531 g/mol. The lowest BCUT2D eigenvalue weighted by atomic mass is 10.1.